The van der Waals surface area contributed by atoms with Crippen LogP contribution in [0.15, 0.2) is 158 Å². The Morgan fingerprint density at radius 2 is 0.554 bits per heavy atom. The zero-order chi connectivity index (χ0) is 53.6. The third kappa shape index (κ3) is 57.9. The first kappa shape index (κ1) is 69.0. The molecule has 0 aliphatic rings. The topological polar surface area (TPSA) is 78.9 Å². The minimum Gasteiger partial charge on any atom is -0.462 e. The fourth-order valence-corrected chi connectivity index (χ4v) is 7.46. The van der Waals surface area contributed by atoms with Gasteiger partial charge in [0, 0.05) is 19.3 Å². The van der Waals surface area contributed by atoms with E-state index in [2.05, 4.69) is 167 Å². The van der Waals surface area contributed by atoms with Gasteiger partial charge in [-0.05, 0) is 109 Å². The van der Waals surface area contributed by atoms with Crippen molar-refractivity contribution in [1.29, 1.82) is 0 Å². The molecule has 0 N–H and O–H groups in total. The Bertz CT molecular complexity index is 1690. The molecule has 0 rings (SSSR count). The molecule has 0 aromatic rings. The highest BCUT2D eigenvalue weighted by Gasteiger charge is 2.19. The third-order valence-electron chi connectivity index (χ3n) is 11.8. The van der Waals surface area contributed by atoms with Gasteiger partial charge in [-0.15, -0.1) is 0 Å². The highest BCUT2D eigenvalue weighted by molar-refractivity contribution is 5.71. The molecule has 0 bridgehead atoms. The number of allylic oxidation sites excluding steroid dienone is 26. The van der Waals surface area contributed by atoms with Crippen molar-refractivity contribution >= 4 is 17.9 Å². The molecule has 0 saturated heterocycles. The smallest absolute Gasteiger partial charge is 0.306 e. The molecule has 6 nitrogen and oxygen atoms in total. The predicted molar refractivity (Wildman–Crippen MR) is 320 cm³/mol. The molecular formula is C68H106O6. The van der Waals surface area contributed by atoms with Crippen molar-refractivity contribution < 1.29 is 28.6 Å². The van der Waals surface area contributed by atoms with Crippen LogP contribution in [0.25, 0.3) is 0 Å². The maximum absolute atomic E-state index is 12.8. The van der Waals surface area contributed by atoms with Crippen molar-refractivity contribution in [3.63, 3.8) is 0 Å². The number of ether oxygens (including phenoxy) is 3. The van der Waals surface area contributed by atoms with E-state index in [9.17, 15) is 14.4 Å². The summed E-state index contributed by atoms with van der Waals surface area (Å²) in [7, 11) is 0. The molecule has 0 aromatic heterocycles. The Labute approximate surface area is 454 Å². The first-order valence-electron chi connectivity index (χ1n) is 29.5. The lowest BCUT2D eigenvalue weighted by Gasteiger charge is -2.18. The van der Waals surface area contributed by atoms with E-state index in [0.717, 1.165) is 109 Å². The summed E-state index contributed by atoms with van der Waals surface area (Å²) in [5.74, 6) is -1.08. The second-order valence-corrected chi connectivity index (χ2v) is 18.8. The van der Waals surface area contributed by atoms with Gasteiger partial charge in [0.25, 0.3) is 0 Å². The lowest BCUT2D eigenvalue weighted by molar-refractivity contribution is -0.166. The van der Waals surface area contributed by atoms with Crippen molar-refractivity contribution in [3.8, 4) is 0 Å². The van der Waals surface area contributed by atoms with Crippen molar-refractivity contribution in [1.82, 2.24) is 0 Å². The molecule has 0 fully saturated rings. The normalized spacial score (nSPS) is 13.3. The summed E-state index contributed by atoms with van der Waals surface area (Å²) >= 11 is 0. The molecule has 414 valence electrons. The molecule has 0 spiro atoms. The molecule has 0 aliphatic heterocycles. The molecule has 0 radical (unpaired) electrons. The summed E-state index contributed by atoms with van der Waals surface area (Å²) in [6, 6.07) is 0. The summed E-state index contributed by atoms with van der Waals surface area (Å²) in [5, 5.41) is 0. The molecule has 0 aromatic carbocycles. The highest BCUT2D eigenvalue weighted by Crippen LogP contribution is 2.14. The Balaban J connectivity index is 4.61. The maximum atomic E-state index is 12.8. The van der Waals surface area contributed by atoms with Crippen LogP contribution < -0.4 is 0 Å². The van der Waals surface area contributed by atoms with Gasteiger partial charge in [-0.2, -0.15) is 0 Å². The van der Waals surface area contributed by atoms with E-state index in [-0.39, 0.29) is 38.0 Å². The maximum Gasteiger partial charge on any atom is 0.306 e. The minimum absolute atomic E-state index is 0.131. The first-order chi connectivity index (χ1) is 36.5. The molecule has 1 atom stereocenters. The van der Waals surface area contributed by atoms with Gasteiger partial charge in [0.15, 0.2) is 6.10 Å². The van der Waals surface area contributed by atoms with E-state index < -0.39 is 12.1 Å². The highest BCUT2D eigenvalue weighted by atomic mass is 16.6. The van der Waals surface area contributed by atoms with Crippen molar-refractivity contribution in [2.75, 3.05) is 13.2 Å². The minimum atomic E-state index is -0.849. The number of hydrogen-bond acceptors (Lipinski definition) is 6. The van der Waals surface area contributed by atoms with Gasteiger partial charge in [0.1, 0.15) is 13.2 Å². The lowest BCUT2D eigenvalue weighted by atomic mass is 10.0. The fraction of sp³-hybridized carbons (Fsp3) is 0.574. The van der Waals surface area contributed by atoms with Crippen LogP contribution >= 0.6 is 0 Å². The Kier molecular flexibility index (Phi) is 56.5. The van der Waals surface area contributed by atoms with Gasteiger partial charge in [0.2, 0.25) is 0 Å². The molecular weight excluding hydrogens is 913 g/mol. The zero-order valence-corrected chi connectivity index (χ0v) is 47.3. The van der Waals surface area contributed by atoms with E-state index in [0.29, 0.717) is 19.3 Å². The van der Waals surface area contributed by atoms with E-state index in [4.69, 9.17) is 14.2 Å². The van der Waals surface area contributed by atoms with Gasteiger partial charge in [0.05, 0.1) is 0 Å². The molecule has 74 heavy (non-hydrogen) atoms. The quantitative estimate of drug-likeness (QED) is 0.0261. The van der Waals surface area contributed by atoms with Gasteiger partial charge in [-0.1, -0.05) is 262 Å². The molecule has 0 aliphatic carbocycles. The lowest BCUT2D eigenvalue weighted by Crippen LogP contribution is -2.30. The molecule has 0 amide bonds. The molecule has 0 saturated carbocycles. The summed E-state index contributed by atoms with van der Waals surface area (Å²) in [6.45, 7) is 6.29. The SMILES string of the molecule is CC/C=C\C/C=C\C/C=C\C/C=C\C/C=C\C/C=C\C/C=C\CCCC(=O)OCC(COC(=O)CCCCCCCCCCCCCCCC)OC(=O)CC/C=C\C/C=C\C/C=C\C/C=C\C/C=C\C/C=C\CC. The number of carbonyl (C=O) groups excluding carboxylic acids is 3. The van der Waals surface area contributed by atoms with Crippen LogP contribution in [0.4, 0.5) is 0 Å². The number of unbranched alkanes of at least 4 members (excludes halogenated alkanes) is 14. The van der Waals surface area contributed by atoms with Crippen molar-refractivity contribution in [2.24, 2.45) is 0 Å². The Morgan fingerprint density at radius 1 is 0.284 bits per heavy atom. The summed E-state index contributed by atoms with van der Waals surface area (Å²) in [4.78, 5) is 38.2. The summed E-state index contributed by atoms with van der Waals surface area (Å²) in [6.07, 6.45) is 88.2. The zero-order valence-electron chi connectivity index (χ0n) is 47.3. The number of esters is 3. The predicted octanol–water partition coefficient (Wildman–Crippen LogP) is 20.1. The molecule has 1 unspecified atom stereocenters. The van der Waals surface area contributed by atoms with E-state index >= 15 is 0 Å². The van der Waals surface area contributed by atoms with Crippen LogP contribution in [0.1, 0.15) is 233 Å². The largest absolute Gasteiger partial charge is 0.462 e. The number of carbonyl (C=O) groups is 3. The summed E-state index contributed by atoms with van der Waals surface area (Å²) in [5.41, 5.74) is 0. The van der Waals surface area contributed by atoms with Crippen LogP contribution in [0.3, 0.4) is 0 Å². The Morgan fingerprint density at radius 3 is 0.878 bits per heavy atom. The standard InChI is InChI=1S/C68H106O6/c1-4-7-10-13-16-19-22-25-28-30-32-33-34-35-37-38-40-43-46-49-52-55-58-61-67(70)73-64-65(63-72-66(69)60-57-54-51-48-45-42-27-24-21-18-15-12-9-6-3)74-68(71)62-59-56-53-50-47-44-41-39-36-31-29-26-23-20-17-14-11-8-5-2/h7-8,10-11,16-17,19-20,25-26,28-29,32-33,35-37,39-40,43-44,47,49,52-53,56,65H,4-6,9,12-15,18,21-24,27,30-31,34,38,41-42,45-46,48,50-51,54-55,57-64H2,1-3H3/b10-7-,11-8-,19-16-,20-17-,28-25-,29-26-,33-32-,37-35-,39-36-,43-40-,47-44-,52-49-,56-53-. The van der Waals surface area contributed by atoms with Crippen LogP contribution in [-0.2, 0) is 28.6 Å². The second-order valence-electron chi connectivity index (χ2n) is 18.8. The van der Waals surface area contributed by atoms with Gasteiger partial charge in [-0.3, -0.25) is 14.4 Å². The average molecular weight is 1020 g/mol. The van der Waals surface area contributed by atoms with Crippen LogP contribution in [0.5, 0.6) is 0 Å². The van der Waals surface area contributed by atoms with E-state index in [1.165, 1.54) is 70.6 Å². The van der Waals surface area contributed by atoms with Crippen LogP contribution in [-0.4, -0.2) is 37.2 Å². The van der Waals surface area contributed by atoms with Gasteiger partial charge in [-0.25, -0.2) is 0 Å². The van der Waals surface area contributed by atoms with Crippen LogP contribution in [0.2, 0.25) is 0 Å². The first-order valence-corrected chi connectivity index (χ1v) is 29.5. The van der Waals surface area contributed by atoms with E-state index in [1.54, 1.807) is 0 Å². The second kappa shape index (κ2) is 60.6. The van der Waals surface area contributed by atoms with Gasteiger partial charge >= 0.3 is 17.9 Å². The molecule has 6 heteroatoms. The third-order valence-corrected chi connectivity index (χ3v) is 11.8. The molecule has 0 heterocycles. The van der Waals surface area contributed by atoms with Crippen molar-refractivity contribution in [2.45, 2.75) is 239 Å². The fourth-order valence-electron chi connectivity index (χ4n) is 7.46. The average Bonchev–Trinajstić information content (AvgIpc) is 3.40. The van der Waals surface area contributed by atoms with Crippen molar-refractivity contribution in [3.05, 3.63) is 158 Å². The summed E-state index contributed by atoms with van der Waals surface area (Å²) < 4.78 is 16.7. The number of hydrogen-bond donors (Lipinski definition) is 0. The van der Waals surface area contributed by atoms with Gasteiger partial charge < -0.3 is 14.2 Å². The number of rotatable bonds is 51. The Hall–Kier alpha value is -4.97. The van der Waals surface area contributed by atoms with E-state index in [1.807, 2.05) is 12.2 Å². The monoisotopic (exact) mass is 1020 g/mol. The van der Waals surface area contributed by atoms with Crippen LogP contribution in [0, 0.1) is 0 Å².